The molecule has 0 heterocycles. The Morgan fingerprint density at radius 3 is 2.53 bits per heavy atom. The Labute approximate surface area is 117 Å². The molecular formula is C15H29N3O. The van der Waals surface area contributed by atoms with Gasteiger partial charge in [-0.1, -0.05) is 26.2 Å². The summed E-state index contributed by atoms with van der Waals surface area (Å²) in [7, 11) is 0. The van der Waals surface area contributed by atoms with Crippen molar-refractivity contribution in [2.24, 2.45) is 0 Å². The number of amides is 1. The summed E-state index contributed by atoms with van der Waals surface area (Å²) in [6.07, 6.45) is 8.91. The van der Waals surface area contributed by atoms with Crippen LogP contribution in [0.5, 0.6) is 0 Å². The van der Waals surface area contributed by atoms with E-state index in [-0.39, 0.29) is 5.91 Å². The van der Waals surface area contributed by atoms with E-state index in [0.717, 1.165) is 38.5 Å². The van der Waals surface area contributed by atoms with Gasteiger partial charge in [0.1, 0.15) is 0 Å². The van der Waals surface area contributed by atoms with E-state index in [9.17, 15) is 4.79 Å². The number of carbonyl (C=O) groups is 1. The van der Waals surface area contributed by atoms with Gasteiger partial charge in [0.15, 0.2) is 0 Å². The lowest BCUT2D eigenvalue weighted by molar-refractivity contribution is -0.121. The monoisotopic (exact) mass is 267 g/mol. The van der Waals surface area contributed by atoms with Gasteiger partial charge in [-0.2, -0.15) is 0 Å². The van der Waals surface area contributed by atoms with Crippen molar-refractivity contribution >= 4 is 5.91 Å². The number of rotatable bonds is 8. The third kappa shape index (κ3) is 5.49. The minimum Gasteiger partial charge on any atom is -0.352 e. The molecule has 1 amide bonds. The largest absolute Gasteiger partial charge is 0.352 e. The highest BCUT2D eigenvalue weighted by atomic mass is 16.1. The molecule has 0 unspecified atom stereocenters. The van der Waals surface area contributed by atoms with Crippen molar-refractivity contribution in [3.8, 4) is 0 Å². The van der Waals surface area contributed by atoms with Crippen molar-refractivity contribution in [3.63, 3.8) is 0 Å². The van der Waals surface area contributed by atoms with Gasteiger partial charge in [0, 0.05) is 25.2 Å². The Morgan fingerprint density at radius 1 is 1.16 bits per heavy atom. The van der Waals surface area contributed by atoms with E-state index in [2.05, 4.69) is 22.5 Å². The Morgan fingerprint density at radius 2 is 1.89 bits per heavy atom. The predicted octanol–water partition coefficient (Wildman–Crippen LogP) is 1.51. The van der Waals surface area contributed by atoms with Crippen molar-refractivity contribution < 1.29 is 4.79 Å². The summed E-state index contributed by atoms with van der Waals surface area (Å²) in [6, 6.07) is 1.25. The van der Waals surface area contributed by atoms with Gasteiger partial charge in [-0.15, -0.1) is 0 Å². The minimum absolute atomic E-state index is 0.168. The molecule has 0 aliphatic heterocycles. The molecule has 0 spiro atoms. The zero-order chi connectivity index (χ0) is 13.5. The molecule has 2 rings (SSSR count). The van der Waals surface area contributed by atoms with Crippen molar-refractivity contribution in [1.29, 1.82) is 0 Å². The van der Waals surface area contributed by atoms with Crippen LogP contribution in [0.2, 0.25) is 0 Å². The summed E-state index contributed by atoms with van der Waals surface area (Å²) in [5, 5.41) is 6.41. The maximum Gasteiger partial charge on any atom is 0.234 e. The molecule has 0 atom stereocenters. The molecule has 0 saturated heterocycles. The van der Waals surface area contributed by atoms with Crippen molar-refractivity contribution in [3.05, 3.63) is 0 Å². The standard InChI is InChI=1S/C15H29N3O/c1-2-18(14-8-9-14)11-10-16-12-15(19)17-13-6-4-3-5-7-13/h13-14,16H,2-12H2,1H3,(H,17,19). The number of hydrogen-bond acceptors (Lipinski definition) is 3. The second-order valence-corrected chi connectivity index (χ2v) is 5.94. The summed E-state index contributed by atoms with van der Waals surface area (Å²) in [6.45, 7) is 5.80. The van der Waals surface area contributed by atoms with E-state index in [0.29, 0.717) is 12.6 Å². The van der Waals surface area contributed by atoms with E-state index in [1.807, 2.05) is 0 Å². The molecule has 110 valence electrons. The molecule has 4 nitrogen and oxygen atoms in total. The molecule has 2 saturated carbocycles. The number of likely N-dealkylation sites (N-methyl/N-ethyl adjacent to an activating group) is 1. The van der Waals surface area contributed by atoms with E-state index >= 15 is 0 Å². The summed E-state index contributed by atoms with van der Waals surface area (Å²) in [5.41, 5.74) is 0. The number of nitrogens with one attached hydrogen (secondary N) is 2. The van der Waals surface area contributed by atoms with Crippen LogP contribution in [0.4, 0.5) is 0 Å². The van der Waals surface area contributed by atoms with Crippen LogP contribution in [0.3, 0.4) is 0 Å². The minimum atomic E-state index is 0.168. The SMILES string of the molecule is CCN(CCNCC(=O)NC1CCCCC1)C1CC1. The molecule has 0 aromatic carbocycles. The van der Waals surface area contributed by atoms with Gasteiger partial charge < -0.3 is 10.6 Å². The summed E-state index contributed by atoms with van der Waals surface area (Å²) >= 11 is 0. The number of nitrogens with zero attached hydrogens (tertiary/aromatic N) is 1. The smallest absolute Gasteiger partial charge is 0.234 e. The lowest BCUT2D eigenvalue weighted by atomic mass is 9.95. The zero-order valence-corrected chi connectivity index (χ0v) is 12.3. The van der Waals surface area contributed by atoms with Gasteiger partial charge in [-0.3, -0.25) is 9.69 Å². The summed E-state index contributed by atoms with van der Waals surface area (Å²) in [4.78, 5) is 14.3. The quantitative estimate of drug-likeness (QED) is 0.655. The van der Waals surface area contributed by atoms with Crippen LogP contribution in [-0.2, 0) is 4.79 Å². The van der Waals surface area contributed by atoms with Crippen molar-refractivity contribution in [1.82, 2.24) is 15.5 Å². The summed E-state index contributed by atoms with van der Waals surface area (Å²) < 4.78 is 0. The average Bonchev–Trinajstić information content (AvgIpc) is 3.24. The highest BCUT2D eigenvalue weighted by Crippen LogP contribution is 2.25. The van der Waals surface area contributed by atoms with E-state index in [1.54, 1.807) is 0 Å². The van der Waals surface area contributed by atoms with E-state index in [1.165, 1.54) is 32.1 Å². The van der Waals surface area contributed by atoms with Gasteiger partial charge >= 0.3 is 0 Å². The van der Waals surface area contributed by atoms with Gasteiger partial charge in [0.25, 0.3) is 0 Å². The molecule has 2 fully saturated rings. The van der Waals surface area contributed by atoms with Crippen LogP contribution >= 0.6 is 0 Å². The lowest BCUT2D eigenvalue weighted by Crippen LogP contribution is -2.43. The van der Waals surface area contributed by atoms with Crippen LogP contribution < -0.4 is 10.6 Å². The topological polar surface area (TPSA) is 44.4 Å². The molecule has 2 N–H and O–H groups in total. The van der Waals surface area contributed by atoms with Crippen LogP contribution in [0.25, 0.3) is 0 Å². The first-order valence-electron chi connectivity index (χ1n) is 8.03. The Kier molecular flexibility index (Phi) is 6.11. The molecular weight excluding hydrogens is 238 g/mol. The molecule has 4 heteroatoms. The van der Waals surface area contributed by atoms with E-state index in [4.69, 9.17) is 0 Å². The Hall–Kier alpha value is -0.610. The second kappa shape index (κ2) is 7.85. The van der Waals surface area contributed by atoms with E-state index < -0.39 is 0 Å². The Balaban J connectivity index is 1.50. The fraction of sp³-hybridized carbons (Fsp3) is 0.933. The molecule has 0 radical (unpaired) electrons. The van der Waals surface area contributed by atoms with Gasteiger partial charge in [0.2, 0.25) is 5.91 Å². The first kappa shape index (κ1) is 14.8. The fourth-order valence-electron chi connectivity index (χ4n) is 2.99. The normalized spacial score (nSPS) is 20.7. The van der Waals surface area contributed by atoms with Crippen LogP contribution in [0.15, 0.2) is 0 Å². The lowest BCUT2D eigenvalue weighted by Gasteiger charge is -2.23. The second-order valence-electron chi connectivity index (χ2n) is 5.94. The first-order chi connectivity index (χ1) is 9.29. The van der Waals surface area contributed by atoms with Crippen LogP contribution in [-0.4, -0.2) is 49.1 Å². The summed E-state index contributed by atoms with van der Waals surface area (Å²) in [5.74, 6) is 0.168. The highest BCUT2D eigenvalue weighted by Gasteiger charge is 2.27. The van der Waals surface area contributed by atoms with Gasteiger partial charge in [0.05, 0.1) is 6.54 Å². The van der Waals surface area contributed by atoms with Crippen LogP contribution in [0, 0.1) is 0 Å². The first-order valence-corrected chi connectivity index (χ1v) is 8.03. The third-order valence-electron chi connectivity index (χ3n) is 4.30. The molecule has 19 heavy (non-hydrogen) atoms. The molecule has 2 aliphatic carbocycles. The van der Waals surface area contributed by atoms with Crippen molar-refractivity contribution in [2.75, 3.05) is 26.2 Å². The third-order valence-corrected chi connectivity index (χ3v) is 4.30. The molecule has 0 aromatic heterocycles. The predicted molar refractivity (Wildman–Crippen MR) is 78.2 cm³/mol. The average molecular weight is 267 g/mol. The van der Waals surface area contributed by atoms with Crippen LogP contribution in [0.1, 0.15) is 51.9 Å². The van der Waals surface area contributed by atoms with Crippen molar-refractivity contribution in [2.45, 2.75) is 64.0 Å². The number of hydrogen-bond donors (Lipinski definition) is 2. The zero-order valence-electron chi connectivity index (χ0n) is 12.3. The maximum absolute atomic E-state index is 11.8. The number of carbonyl (C=O) groups excluding carboxylic acids is 1. The highest BCUT2D eigenvalue weighted by molar-refractivity contribution is 5.78. The van der Waals surface area contributed by atoms with Gasteiger partial charge in [-0.25, -0.2) is 0 Å². The molecule has 0 aromatic rings. The molecule has 0 bridgehead atoms. The van der Waals surface area contributed by atoms with Gasteiger partial charge in [-0.05, 0) is 32.2 Å². The Bertz CT molecular complexity index is 273. The fourth-order valence-corrected chi connectivity index (χ4v) is 2.99. The maximum atomic E-state index is 11.8. The molecule has 2 aliphatic rings.